The maximum Gasteiger partial charge on any atom is 0.225 e. The number of hydrogen-bond donors (Lipinski definition) is 1. The second kappa shape index (κ2) is 9.92. The van der Waals surface area contributed by atoms with Crippen molar-refractivity contribution < 1.29 is 14.3 Å². The molecule has 6 heteroatoms. The minimum atomic E-state index is -0.510. The Bertz CT molecular complexity index is 783. The second-order valence-corrected chi connectivity index (χ2v) is 10.7. The third-order valence-electron chi connectivity index (χ3n) is 7.92. The molecule has 2 aliphatic rings. The third kappa shape index (κ3) is 5.18. The van der Waals surface area contributed by atoms with Gasteiger partial charge in [-0.25, -0.2) is 0 Å². The van der Waals surface area contributed by atoms with Crippen LogP contribution < -0.4 is 5.32 Å². The Morgan fingerprint density at radius 3 is 2.41 bits per heavy atom. The zero-order chi connectivity index (χ0) is 23.4. The molecule has 1 aromatic rings. The first-order chi connectivity index (χ1) is 15.1. The highest BCUT2D eigenvalue weighted by Crippen LogP contribution is 2.52. The van der Waals surface area contributed by atoms with Gasteiger partial charge in [0.25, 0.3) is 0 Å². The largest absolute Gasteiger partial charge is 0.383 e. The van der Waals surface area contributed by atoms with Crippen molar-refractivity contribution in [2.24, 2.45) is 10.8 Å². The van der Waals surface area contributed by atoms with Crippen LogP contribution in [-0.2, 0) is 19.9 Å². The van der Waals surface area contributed by atoms with Crippen LogP contribution in [0.15, 0.2) is 30.3 Å². The molecule has 0 unspecified atom stereocenters. The Hall–Kier alpha value is -1.92. The van der Waals surface area contributed by atoms with E-state index in [1.807, 2.05) is 18.7 Å². The van der Waals surface area contributed by atoms with Crippen LogP contribution in [0.25, 0.3) is 0 Å². The summed E-state index contributed by atoms with van der Waals surface area (Å²) in [7, 11) is 5.98. The van der Waals surface area contributed by atoms with Crippen LogP contribution >= 0.6 is 0 Å². The van der Waals surface area contributed by atoms with Crippen molar-refractivity contribution >= 4 is 11.8 Å². The lowest BCUT2D eigenvalue weighted by Crippen LogP contribution is -2.47. The number of carbonyl (C=O) groups is 2. The minimum Gasteiger partial charge on any atom is -0.383 e. The Balaban J connectivity index is 1.59. The van der Waals surface area contributed by atoms with E-state index in [0.717, 1.165) is 32.2 Å². The van der Waals surface area contributed by atoms with Gasteiger partial charge in [-0.15, -0.1) is 0 Å². The molecule has 1 heterocycles. The summed E-state index contributed by atoms with van der Waals surface area (Å²) < 4.78 is 5.01. The minimum absolute atomic E-state index is 0.0206. The number of methoxy groups -OCH3 is 1. The van der Waals surface area contributed by atoms with Gasteiger partial charge in [-0.2, -0.15) is 0 Å². The van der Waals surface area contributed by atoms with Gasteiger partial charge in [0.05, 0.1) is 6.61 Å². The van der Waals surface area contributed by atoms with Crippen LogP contribution in [0.3, 0.4) is 0 Å². The number of hydrogen-bond acceptors (Lipinski definition) is 4. The molecule has 0 atom stereocenters. The fourth-order valence-electron chi connectivity index (χ4n) is 5.49. The molecule has 1 saturated heterocycles. The molecule has 1 saturated carbocycles. The predicted molar refractivity (Wildman–Crippen MR) is 127 cm³/mol. The van der Waals surface area contributed by atoms with Gasteiger partial charge < -0.3 is 15.0 Å². The summed E-state index contributed by atoms with van der Waals surface area (Å²) in [4.78, 5) is 29.8. The highest BCUT2D eigenvalue weighted by Gasteiger charge is 2.50. The molecular formula is C26H41N3O3. The van der Waals surface area contributed by atoms with Gasteiger partial charge in [-0.1, -0.05) is 44.2 Å². The van der Waals surface area contributed by atoms with E-state index in [1.165, 1.54) is 5.56 Å². The van der Waals surface area contributed by atoms with Crippen molar-refractivity contribution in [1.29, 1.82) is 0 Å². The number of benzene rings is 1. The molecule has 1 aliphatic heterocycles. The lowest BCUT2D eigenvalue weighted by Gasteiger charge is -2.49. The first kappa shape index (κ1) is 24.7. The summed E-state index contributed by atoms with van der Waals surface area (Å²) in [5.74, 6) is 0.268. The number of nitrogens with one attached hydrogen (secondary N) is 1. The quantitative estimate of drug-likeness (QED) is 0.594. The molecule has 2 amide bonds. The molecular weight excluding hydrogens is 402 g/mol. The molecule has 2 fully saturated rings. The topological polar surface area (TPSA) is 61.9 Å². The van der Waals surface area contributed by atoms with Crippen LogP contribution in [0.5, 0.6) is 0 Å². The lowest BCUT2D eigenvalue weighted by molar-refractivity contribution is -0.132. The summed E-state index contributed by atoms with van der Waals surface area (Å²) in [5.41, 5.74) is 0.993. The normalized spacial score (nSPS) is 26.2. The van der Waals surface area contributed by atoms with Gasteiger partial charge in [-0.05, 0) is 57.2 Å². The molecule has 0 radical (unpaired) electrons. The van der Waals surface area contributed by atoms with Crippen molar-refractivity contribution in [3.8, 4) is 0 Å². The van der Waals surface area contributed by atoms with Crippen molar-refractivity contribution in [3.05, 3.63) is 35.9 Å². The van der Waals surface area contributed by atoms with E-state index < -0.39 is 5.41 Å². The van der Waals surface area contributed by atoms with Gasteiger partial charge in [0.15, 0.2) is 0 Å². The summed E-state index contributed by atoms with van der Waals surface area (Å²) in [6.45, 7) is 6.40. The molecule has 6 nitrogen and oxygen atoms in total. The van der Waals surface area contributed by atoms with Gasteiger partial charge >= 0.3 is 0 Å². The summed E-state index contributed by atoms with van der Waals surface area (Å²) in [6.07, 6.45) is 5.56. The van der Waals surface area contributed by atoms with Gasteiger partial charge in [0, 0.05) is 44.1 Å². The van der Waals surface area contributed by atoms with E-state index in [-0.39, 0.29) is 22.8 Å². The molecule has 32 heavy (non-hydrogen) atoms. The maximum atomic E-state index is 12.9. The molecule has 1 N–H and O–H groups in total. The van der Waals surface area contributed by atoms with E-state index in [9.17, 15) is 9.59 Å². The zero-order valence-corrected chi connectivity index (χ0v) is 20.6. The molecule has 3 rings (SSSR count). The molecule has 1 aliphatic carbocycles. The Labute approximate surface area is 193 Å². The van der Waals surface area contributed by atoms with Crippen molar-refractivity contribution in [3.63, 3.8) is 0 Å². The second-order valence-electron chi connectivity index (χ2n) is 10.7. The number of ether oxygens (including phenoxy) is 1. The fourth-order valence-corrected chi connectivity index (χ4v) is 5.49. The number of rotatable bonds is 9. The summed E-state index contributed by atoms with van der Waals surface area (Å²) in [5, 5.41) is 2.93. The number of carbonyl (C=O) groups excluding carboxylic acids is 2. The number of nitrogens with zero attached hydrogens (tertiary/aromatic N) is 2. The molecule has 178 valence electrons. The Morgan fingerprint density at radius 1 is 1.16 bits per heavy atom. The summed E-state index contributed by atoms with van der Waals surface area (Å²) in [6, 6.07) is 10.8. The third-order valence-corrected chi connectivity index (χ3v) is 7.92. The zero-order valence-electron chi connectivity index (χ0n) is 20.6. The van der Waals surface area contributed by atoms with E-state index in [4.69, 9.17) is 4.74 Å². The van der Waals surface area contributed by atoms with E-state index >= 15 is 0 Å². The van der Waals surface area contributed by atoms with Crippen LogP contribution in [0.2, 0.25) is 0 Å². The smallest absolute Gasteiger partial charge is 0.225 e. The number of likely N-dealkylation sites (tertiary alicyclic amines) is 1. The van der Waals surface area contributed by atoms with Crippen LogP contribution in [0.1, 0.15) is 57.9 Å². The van der Waals surface area contributed by atoms with Crippen LogP contribution in [-0.4, -0.2) is 69.1 Å². The highest BCUT2D eigenvalue weighted by atomic mass is 16.5. The highest BCUT2D eigenvalue weighted by molar-refractivity contribution is 5.82. The standard InChI is InChI=1S/C26H41N3O3/c1-24(2,23(31)27-16-18-32-5)15-17-29-20-25(19-22(29)30)11-13-26(14-12-25,28(3)4)21-9-7-6-8-10-21/h6-10H,11-20H2,1-5H3,(H,27,31)/t25-,26-. The van der Waals surface area contributed by atoms with Gasteiger partial charge in [0.1, 0.15) is 0 Å². The first-order valence-electron chi connectivity index (χ1n) is 11.9. The fraction of sp³-hybridized carbons (Fsp3) is 0.692. The predicted octanol–water partition coefficient (Wildman–Crippen LogP) is 3.42. The Morgan fingerprint density at radius 2 is 1.81 bits per heavy atom. The van der Waals surface area contributed by atoms with Crippen molar-refractivity contribution in [2.75, 3.05) is 47.4 Å². The molecule has 1 spiro atoms. The maximum absolute atomic E-state index is 12.9. The monoisotopic (exact) mass is 443 g/mol. The first-order valence-corrected chi connectivity index (χ1v) is 11.9. The average molecular weight is 444 g/mol. The van der Waals surface area contributed by atoms with E-state index in [0.29, 0.717) is 32.5 Å². The van der Waals surface area contributed by atoms with Crippen LogP contribution in [0, 0.1) is 10.8 Å². The molecule has 1 aromatic carbocycles. The van der Waals surface area contributed by atoms with E-state index in [1.54, 1.807) is 7.11 Å². The molecule has 0 bridgehead atoms. The van der Waals surface area contributed by atoms with Crippen LogP contribution in [0.4, 0.5) is 0 Å². The van der Waals surface area contributed by atoms with E-state index in [2.05, 4.69) is 54.6 Å². The van der Waals surface area contributed by atoms with Crippen molar-refractivity contribution in [2.45, 2.75) is 57.9 Å². The lowest BCUT2D eigenvalue weighted by atomic mass is 9.64. The average Bonchev–Trinajstić information content (AvgIpc) is 3.08. The van der Waals surface area contributed by atoms with Gasteiger partial charge in [0.2, 0.25) is 11.8 Å². The SMILES string of the molecule is COCCNC(=O)C(C)(C)CCN1C[C@]2(CC[C@](c3ccccc3)(N(C)C)CC2)CC1=O. The summed E-state index contributed by atoms with van der Waals surface area (Å²) >= 11 is 0. The Kier molecular flexibility index (Phi) is 7.66. The van der Waals surface area contributed by atoms with Gasteiger partial charge in [-0.3, -0.25) is 14.5 Å². The molecule has 0 aromatic heterocycles. The van der Waals surface area contributed by atoms with Crippen molar-refractivity contribution in [1.82, 2.24) is 15.1 Å². The number of amides is 2.